The van der Waals surface area contributed by atoms with Crippen LogP contribution in [0.15, 0.2) is 28.0 Å². The Bertz CT molecular complexity index is 507. The van der Waals surface area contributed by atoms with E-state index in [1.54, 1.807) is 18.7 Å². The zero-order valence-electron chi connectivity index (χ0n) is 8.33. The molecule has 2 aromatic heterocycles. The van der Waals surface area contributed by atoms with Crippen LogP contribution in [0.1, 0.15) is 5.69 Å². The number of hydrogen-bond donors (Lipinski definition) is 3. The lowest BCUT2D eigenvalue weighted by molar-refractivity contribution is 0.946. The minimum Gasteiger partial charge on any atom is -0.382 e. The molecule has 84 valence electrons. The average Bonchev–Trinajstić information content (AvgIpc) is 2.77. The van der Waals surface area contributed by atoms with E-state index in [2.05, 4.69) is 41.4 Å². The number of rotatable bonds is 4. The first-order chi connectivity index (χ1) is 7.77. The Labute approximate surface area is 99.6 Å². The van der Waals surface area contributed by atoms with Gasteiger partial charge in [-0.3, -0.25) is 4.79 Å². The van der Waals surface area contributed by atoms with E-state index in [4.69, 9.17) is 0 Å². The van der Waals surface area contributed by atoms with Crippen LogP contribution in [-0.4, -0.2) is 26.7 Å². The van der Waals surface area contributed by atoms with Gasteiger partial charge in [-0.2, -0.15) is 5.10 Å². The minimum absolute atomic E-state index is 0.244. The summed E-state index contributed by atoms with van der Waals surface area (Å²) < 4.78 is 0.465. The number of H-pyrrole nitrogens is 2. The van der Waals surface area contributed by atoms with Crippen LogP contribution in [0.4, 0.5) is 5.69 Å². The van der Waals surface area contributed by atoms with Crippen molar-refractivity contribution in [1.82, 2.24) is 20.2 Å². The molecular weight excluding hydrogens is 274 g/mol. The van der Waals surface area contributed by atoms with Crippen molar-refractivity contribution in [3.05, 3.63) is 39.2 Å². The van der Waals surface area contributed by atoms with Gasteiger partial charge in [0.15, 0.2) is 0 Å². The van der Waals surface area contributed by atoms with Crippen molar-refractivity contribution in [2.45, 2.75) is 6.42 Å². The number of imidazole rings is 1. The van der Waals surface area contributed by atoms with Crippen molar-refractivity contribution in [2.24, 2.45) is 0 Å². The first-order valence-electron chi connectivity index (χ1n) is 4.71. The first kappa shape index (κ1) is 10.9. The molecule has 0 aliphatic carbocycles. The summed E-state index contributed by atoms with van der Waals surface area (Å²) in [5.74, 6) is 0. The van der Waals surface area contributed by atoms with Crippen molar-refractivity contribution < 1.29 is 0 Å². The zero-order chi connectivity index (χ0) is 11.4. The molecule has 0 spiro atoms. The summed E-state index contributed by atoms with van der Waals surface area (Å²) in [5, 5.41) is 9.16. The second kappa shape index (κ2) is 4.93. The number of halogens is 1. The molecule has 6 nitrogen and oxygen atoms in total. The summed E-state index contributed by atoms with van der Waals surface area (Å²) in [7, 11) is 0. The molecule has 2 aromatic rings. The molecule has 2 rings (SSSR count). The lowest BCUT2D eigenvalue weighted by Crippen LogP contribution is -2.13. The van der Waals surface area contributed by atoms with Gasteiger partial charge in [0.05, 0.1) is 18.2 Å². The molecule has 0 bridgehead atoms. The molecule has 2 heterocycles. The molecule has 3 N–H and O–H groups in total. The fraction of sp³-hybridized carbons (Fsp3) is 0.222. The van der Waals surface area contributed by atoms with Gasteiger partial charge >= 0.3 is 0 Å². The number of nitrogens with zero attached hydrogens (tertiary/aromatic N) is 2. The monoisotopic (exact) mass is 283 g/mol. The van der Waals surface area contributed by atoms with Crippen molar-refractivity contribution in [1.29, 1.82) is 0 Å². The van der Waals surface area contributed by atoms with E-state index in [-0.39, 0.29) is 5.56 Å². The van der Waals surface area contributed by atoms with E-state index in [1.807, 2.05) is 0 Å². The van der Waals surface area contributed by atoms with E-state index in [9.17, 15) is 4.79 Å². The standard InChI is InChI=1S/C9H10BrN5O/c10-8-7(4-14-15-9(8)16)12-2-1-6-3-11-5-13-6/h3-5H,1-2H2,(H,11,13)(H2,12,15,16). The van der Waals surface area contributed by atoms with Crippen LogP contribution in [0.25, 0.3) is 0 Å². The van der Waals surface area contributed by atoms with Crippen molar-refractivity contribution in [3.8, 4) is 0 Å². The average molecular weight is 284 g/mol. The quantitative estimate of drug-likeness (QED) is 0.779. The molecule has 16 heavy (non-hydrogen) atoms. The summed E-state index contributed by atoms with van der Waals surface area (Å²) in [6.45, 7) is 0.700. The lowest BCUT2D eigenvalue weighted by atomic mass is 10.3. The number of anilines is 1. The van der Waals surface area contributed by atoms with Crippen LogP contribution < -0.4 is 10.9 Å². The Morgan fingerprint density at radius 2 is 2.31 bits per heavy atom. The molecule has 0 radical (unpaired) electrons. The van der Waals surface area contributed by atoms with Gasteiger partial charge in [-0.05, 0) is 15.9 Å². The Balaban J connectivity index is 1.95. The van der Waals surface area contributed by atoms with Crippen LogP contribution in [0.5, 0.6) is 0 Å². The summed E-state index contributed by atoms with van der Waals surface area (Å²) in [6, 6.07) is 0. The zero-order valence-corrected chi connectivity index (χ0v) is 9.91. The fourth-order valence-corrected chi connectivity index (χ4v) is 1.59. The second-order valence-electron chi connectivity index (χ2n) is 3.18. The van der Waals surface area contributed by atoms with E-state index >= 15 is 0 Å². The van der Waals surface area contributed by atoms with E-state index < -0.39 is 0 Å². The van der Waals surface area contributed by atoms with Gasteiger partial charge in [0.1, 0.15) is 4.47 Å². The molecule has 0 amide bonds. The Hall–Kier alpha value is -1.63. The predicted molar refractivity (Wildman–Crippen MR) is 63.3 cm³/mol. The van der Waals surface area contributed by atoms with Crippen LogP contribution in [0.3, 0.4) is 0 Å². The number of aromatic amines is 2. The van der Waals surface area contributed by atoms with Gasteiger partial charge in [-0.1, -0.05) is 0 Å². The third kappa shape index (κ3) is 2.48. The molecule has 0 saturated carbocycles. The van der Waals surface area contributed by atoms with Gasteiger partial charge < -0.3 is 10.3 Å². The Morgan fingerprint density at radius 1 is 1.44 bits per heavy atom. The smallest absolute Gasteiger partial charge is 0.280 e. The van der Waals surface area contributed by atoms with Gasteiger partial charge in [0, 0.05) is 24.9 Å². The molecule has 0 saturated heterocycles. The topological polar surface area (TPSA) is 86.5 Å². The second-order valence-corrected chi connectivity index (χ2v) is 3.97. The Kier molecular flexibility index (Phi) is 3.35. The van der Waals surface area contributed by atoms with Gasteiger partial charge in [0.25, 0.3) is 5.56 Å². The third-order valence-electron chi connectivity index (χ3n) is 2.06. The molecule has 0 aromatic carbocycles. The molecule has 0 unspecified atom stereocenters. The summed E-state index contributed by atoms with van der Waals surface area (Å²) in [4.78, 5) is 18.1. The summed E-state index contributed by atoms with van der Waals surface area (Å²) in [5.41, 5.74) is 1.48. The number of hydrogen-bond acceptors (Lipinski definition) is 4. The van der Waals surface area contributed by atoms with Gasteiger partial charge in [-0.15, -0.1) is 0 Å². The van der Waals surface area contributed by atoms with Crippen LogP contribution in [0, 0.1) is 0 Å². The van der Waals surface area contributed by atoms with Gasteiger partial charge in [0.2, 0.25) is 0 Å². The largest absolute Gasteiger partial charge is 0.382 e. The molecule has 0 atom stereocenters. The van der Waals surface area contributed by atoms with Crippen molar-refractivity contribution in [3.63, 3.8) is 0 Å². The molecule has 0 aliphatic rings. The minimum atomic E-state index is -0.244. The molecule has 0 fully saturated rings. The summed E-state index contributed by atoms with van der Waals surface area (Å²) >= 11 is 3.19. The highest BCUT2D eigenvalue weighted by Gasteiger charge is 2.03. The maximum Gasteiger partial charge on any atom is 0.280 e. The normalized spacial score (nSPS) is 10.3. The summed E-state index contributed by atoms with van der Waals surface area (Å²) in [6.07, 6.45) is 5.78. The molecular formula is C9H10BrN5O. The van der Waals surface area contributed by atoms with E-state index in [1.165, 1.54) is 0 Å². The third-order valence-corrected chi connectivity index (χ3v) is 2.85. The lowest BCUT2D eigenvalue weighted by Gasteiger charge is -2.05. The molecule has 7 heteroatoms. The van der Waals surface area contributed by atoms with Crippen molar-refractivity contribution >= 4 is 21.6 Å². The number of nitrogens with one attached hydrogen (secondary N) is 3. The highest BCUT2D eigenvalue weighted by Crippen LogP contribution is 2.14. The maximum absolute atomic E-state index is 11.2. The maximum atomic E-state index is 11.2. The van der Waals surface area contributed by atoms with Gasteiger partial charge in [-0.25, -0.2) is 10.1 Å². The Morgan fingerprint density at radius 3 is 3.06 bits per heavy atom. The van der Waals surface area contributed by atoms with E-state index in [0.29, 0.717) is 16.7 Å². The van der Waals surface area contributed by atoms with Crippen LogP contribution >= 0.6 is 15.9 Å². The van der Waals surface area contributed by atoms with E-state index in [0.717, 1.165) is 12.1 Å². The fourth-order valence-electron chi connectivity index (χ4n) is 1.26. The predicted octanol–water partition coefficient (Wildman–Crippen LogP) is 0.910. The highest BCUT2D eigenvalue weighted by atomic mass is 79.9. The van der Waals surface area contributed by atoms with Crippen LogP contribution in [0.2, 0.25) is 0 Å². The first-order valence-corrected chi connectivity index (χ1v) is 5.51. The van der Waals surface area contributed by atoms with Crippen molar-refractivity contribution in [2.75, 3.05) is 11.9 Å². The molecule has 0 aliphatic heterocycles. The number of aromatic nitrogens is 4. The SMILES string of the molecule is O=c1[nH]ncc(NCCc2cnc[nH]2)c1Br. The highest BCUT2D eigenvalue weighted by molar-refractivity contribution is 9.10. The van der Waals surface area contributed by atoms with Crippen LogP contribution in [-0.2, 0) is 6.42 Å².